The molecule has 0 radical (unpaired) electrons. The van der Waals surface area contributed by atoms with E-state index in [2.05, 4.69) is 39.8 Å². The van der Waals surface area contributed by atoms with E-state index in [1.54, 1.807) is 0 Å². The predicted molar refractivity (Wildman–Crippen MR) is 70.3 cm³/mol. The molecular formula is C15H26O. The number of allylic oxidation sites excluding steroid dienone is 3. The van der Waals surface area contributed by atoms with Gasteiger partial charge in [-0.25, -0.2) is 0 Å². The lowest BCUT2D eigenvalue weighted by Gasteiger charge is -2.29. The van der Waals surface area contributed by atoms with Crippen LogP contribution >= 0.6 is 0 Å². The zero-order chi connectivity index (χ0) is 12.2. The fraction of sp³-hybridized carbons (Fsp3) is 0.733. The summed E-state index contributed by atoms with van der Waals surface area (Å²) in [6, 6.07) is 0. The zero-order valence-corrected chi connectivity index (χ0v) is 11.2. The number of aliphatic hydroxyl groups excluding tert-OH is 1. The minimum absolute atomic E-state index is 0.230. The standard InChI is InChI=1S/C15H26O/c1-5-6-13(11-16)8-10-14-9-7-12(2)15(14,3)4/h7-8,14,16H,5-6,9-11H2,1-4H3. The largest absolute Gasteiger partial charge is 0.392 e. The van der Waals surface area contributed by atoms with Crippen LogP contribution in [-0.2, 0) is 0 Å². The predicted octanol–water partition coefficient (Wildman–Crippen LogP) is 4.09. The second-order valence-corrected chi connectivity index (χ2v) is 5.55. The highest BCUT2D eigenvalue weighted by Crippen LogP contribution is 2.44. The molecule has 92 valence electrons. The molecule has 0 aromatic rings. The minimum atomic E-state index is 0.230. The van der Waals surface area contributed by atoms with Crippen molar-refractivity contribution < 1.29 is 5.11 Å². The molecule has 0 aliphatic heterocycles. The average molecular weight is 222 g/mol. The molecule has 1 nitrogen and oxygen atoms in total. The third kappa shape index (κ3) is 2.98. The molecule has 1 aliphatic rings. The van der Waals surface area contributed by atoms with Crippen molar-refractivity contribution in [3.05, 3.63) is 23.3 Å². The molecule has 0 heterocycles. The van der Waals surface area contributed by atoms with Crippen LogP contribution in [0.25, 0.3) is 0 Å². The molecule has 0 amide bonds. The van der Waals surface area contributed by atoms with Crippen LogP contribution in [0.1, 0.15) is 53.4 Å². The Hall–Kier alpha value is -0.560. The molecule has 0 saturated heterocycles. The summed E-state index contributed by atoms with van der Waals surface area (Å²) in [5.74, 6) is 0.714. The van der Waals surface area contributed by atoms with E-state index in [0.717, 1.165) is 19.3 Å². The van der Waals surface area contributed by atoms with Gasteiger partial charge >= 0.3 is 0 Å². The summed E-state index contributed by atoms with van der Waals surface area (Å²) in [6.07, 6.45) is 9.10. The van der Waals surface area contributed by atoms with Crippen molar-refractivity contribution in [3.63, 3.8) is 0 Å². The Morgan fingerprint density at radius 3 is 2.69 bits per heavy atom. The first-order chi connectivity index (χ1) is 7.52. The van der Waals surface area contributed by atoms with Crippen molar-refractivity contribution in [2.75, 3.05) is 6.61 Å². The molecule has 1 unspecified atom stereocenters. The maximum Gasteiger partial charge on any atom is 0.0641 e. The van der Waals surface area contributed by atoms with Gasteiger partial charge in [0.05, 0.1) is 6.61 Å². The number of aliphatic hydroxyl groups is 1. The summed E-state index contributed by atoms with van der Waals surface area (Å²) >= 11 is 0. The van der Waals surface area contributed by atoms with E-state index in [-0.39, 0.29) is 6.61 Å². The molecule has 1 rings (SSSR count). The molecule has 16 heavy (non-hydrogen) atoms. The first-order valence-electron chi connectivity index (χ1n) is 6.48. The van der Waals surface area contributed by atoms with Crippen LogP contribution in [0.15, 0.2) is 23.3 Å². The van der Waals surface area contributed by atoms with Crippen LogP contribution in [0.2, 0.25) is 0 Å². The number of hydrogen-bond acceptors (Lipinski definition) is 1. The Morgan fingerprint density at radius 1 is 1.56 bits per heavy atom. The van der Waals surface area contributed by atoms with Gasteiger partial charge in [-0.05, 0) is 43.1 Å². The summed E-state index contributed by atoms with van der Waals surface area (Å²) in [4.78, 5) is 0. The van der Waals surface area contributed by atoms with Gasteiger partial charge in [0.15, 0.2) is 0 Å². The Labute approximate surface area is 100 Å². The monoisotopic (exact) mass is 222 g/mol. The summed E-state index contributed by atoms with van der Waals surface area (Å²) in [7, 11) is 0. The van der Waals surface area contributed by atoms with Crippen LogP contribution in [0, 0.1) is 11.3 Å². The Bertz CT molecular complexity index is 284. The smallest absolute Gasteiger partial charge is 0.0641 e. The van der Waals surface area contributed by atoms with E-state index < -0.39 is 0 Å². The number of rotatable bonds is 5. The molecule has 0 saturated carbocycles. The van der Waals surface area contributed by atoms with Crippen molar-refractivity contribution >= 4 is 0 Å². The molecule has 1 atom stereocenters. The van der Waals surface area contributed by atoms with Crippen molar-refractivity contribution in [1.82, 2.24) is 0 Å². The Balaban J connectivity index is 2.56. The fourth-order valence-electron chi connectivity index (χ4n) is 2.47. The van der Waals surface area contributed by atoms with Crippen LogP contribution in [-0.4, -0.2) is 11.7 Å². The summed E-state index contributed by atoms with van der Waals surface area (Å²) in [5.41, 5.74) is 3.07. The van der Waals surface area contributed by atoms with Gasteiger partial charge in [-0.2, -0.15) is 0 Å². The lowest BCUT2D eigenvalue weighted by atomic mass is 9.76. The molecular weight excluding hydrogens is 196 g/mol. The van der Waals surface area contributed by atoms with Gasteiger partial charge in [-0.15, -0.1) is 0 Å². The van der Waals surface area contributed by atoms with Crippen molar-refractivity contribution in [1.29, 1.82) is 0 Å². The molecule has 1 N–H and O–H groups in total. The molecule has 0 spiro atoms. The minimum Gasteiger partial charge on any atom is -0.392 e. The lowest BCUT2D eigenvalue weighted by molar-refractivity contribution is 0.291. The van der Waals surface area contributed by atoms with Gasteiger partial charge in [-0.3, -0.25) is 0 Å². The van der Waals surface area contributed by atoms with E-state index in [1.165, 1.54) is 17.6 Å². The van der Waals surface area contributed by atoms with Crippen LogP contribution in [0.4, 0.5) is 0 Å². The SMILES string of the molecule is CCCC(=CCC1CC=C(C)C1(C)C)CO. The quantitative estimate of drug-likeness (QED) is 0.695. The third-order valence-corrected chi connectivity index (χ3v) is 4.21. The second-order valence-electron chi connectivity index (χ2n) is 5.55. The van der Waals surface area contributed by atoms with Crippen LogP contribution < -0.4 is 0 Å². The van der Waals surface area contributed by atoms with E-state index in [0.29, 0.717) is 11.3 Å². The molecule has 0 fully saturated rings. The highest BCUT2D eigenvalue weighted by Gasteiger charge is 2.33. The highest BCUT2D eigenvalue weighted by atomic mass is 16.3. The fourth-order valence-corrected chi connectivity index (χ4v) is 2.47. The topological polar surface area (TPSA) is 20.2 Å². The van der Waals surface area contributed by atoms with Gasteiger partial charge in [-0.1, -0.05) is 44.9 Å². The molecule has 1 aliphatic carbocycles. The van der Waals surface area contributed by atoms with Crippen molar-refractivity contribution in [2.24, 2.45) is 11.3 Å². The molecule has 0 bridgehead atoms. The summed E-state index contributed by atoms with van der Waals surface area (Å²) < 4.78 is 0. The first kappa shape index (κ1) is 13.5. The lowest BCUT2D eigenvalue weighted by Crippen LogP contribution is -2.19. The second kappa shape index (κ2) is 5.67. The first-order valence-corrected chi connectivity index (χ1v) is 6.48. The van der Waals surface area contributed by atoms with Crippen LogP contribution in [0.5, 0.6) is 0 Å². The summed E-state index contributed by atoms with van der Waals surface area (Å²) in [6.45, 7) is 9.30. The molecule has 1 heteroatoms. The van der Waals surface area contributed by atoms with Gasteiger partial charge < -0.3 is 5.11 Å². The highest BCUT2D eigenvalue weighted by molar-refractivity contribution is 5.19. The Morgan fingerprint density at radius 2 is 2.25 bits per heavy atom. The Kier molecular flexibility index (Phi) is 4.79. The van der Waals surface area contributed by atoms with Crippen LogP contribution in [0.3, 0.4) is 0 Å². The van der Waals surface area contributed by atoms with Gasteiger partial charge in [0.1, 0.15) is 0 Å². The summed E-state index contributed by atoms with van der Waals surface area (Å²) in [5, 5.41) is 9.23. The van der Waals surface area contributed by atoms with Gasteiger partial charge in [0.25, 0.3) is 0 Å². The average Bonchev–Trinajstić information content (AvgIpc) is 2.50. The van der Waals surface area contributed by atoms with Crippen molar-refractivity contribution in [3.8, 4) is 0 Å². The van der Waals surface area contributed by atoms with Crippen molar-refractivity contribution in [2.45, 2.75) is 53.4 Å². The van der Waals surface area contributed by atoms with E-state index >= 15 is 0 Å². The normalized spacial score (nSPS) is 24.7. The van der Waals surface area contributed by atoms with E-state index in [9.17, 15) is 5.11 Å². The molecule has 0 aromatic carbocycles. The number of hydrogen-bond donors (Lipinski definition) is 1. The molecule has 0 aromatic heterocycles. The third-order valence-electron chi connectivity index (χ3n) is 4.21. The zero-order valence-electron chi connectivity index (χ0n) is 11.2. The van der Waals surface area contributed by atoms with Gasteiger partial charge in [0.2, 0.25) is 0 Å². The van der Waals surface area contributed by atoms with E-state index in [1.807, 2.05) is 0 Å². The maximum absolute atomic E-state index is 9.23. The maximum atomic E-state index is 9.23. The van der Waals surface area contributed by atoms with E-state index in [4.69, 9.17) is 0 Å². The van der Waals surface area contributed by atoms with Gasteiger partial charge in [0, 0.05) is 0 Å².